The van der Waals surface area contributed by atoms with Gasteiger partial charge in [0.05, 0.1) is 0 Å². The van der Waals surface area contributed by atoms with E-state index in [0.717, 1.165) is 0 Å². The topological polar surface area (TPSA) is 38.9 Å². The van der Waals surface area contributed by atoms with Gasteiger partial charge in [-0.25, -0.2) is 4.39 Å². The highest BCUT2D eigenvalue weighted by Crippen LogP contribution is 2.21. The maximum atomic E-state index is 12.9. The molecular formula is C10H8ClFN2O. The van der Waals surface area contributed by atoms with Crippen LogP contribution in [0.5, 0.6) is 0 Å². The average Bonchev–Trinajstić information content (AvgIpc) is 2.66. The van der Waals surface area contributed by atoms with E-state index in [9.17, 15) is 4.39 Å². The van der Waals surface area contributed by atoms with Crippen molar-refractivity contribution in [1.82, 2.24) is 10.1 Å². The molecule has 5 heteroatoms. The molecule has 0 saturated carbocycles. The number of aromatic nitrogens is 2. The summed E-state index contributed by atoms with van der Waals surface area (Å²) in [5.41, 5.74) is 0.572. The van der Waals surface area contributed by atoms with Gasteiger partial charge in [0.25, 0.3) is 0 Å². The lowest BCUT2D eigenvalue weighted by molar-refractivity contribution is 0.379. The number of hydrogen-bond acceptors (Lipinski definition) is 3. The summed E-state index contributed by atoms with van der Waals surface area (Å²) in [4.78, 5) is 4.04. The number of nitrogens with zero attached hydrogens (tertiary/aromatic N) is 2. The van der Waals surface area contributed by atoms with Crippen LogP contribution in [0.1, 0.15) is 18.2 Å². The van der Waals surface area contributed by atoms with Crippen molar-refractivity contribution in [3.8, 4) is 11.4 Å². The Labute approximate surface area is 90.9 Å². The first-order valence-electron chi connectivity index (χ1n) is 4.40. The molecule has 1 unspecified atom stereocenters. The van der Waals surface area contributed by atoms with Crippen LogP contribution >= 0.6 is 11.6 Å². The predicted octanol–water partition coefficient (Wildman–Crippen LogP) is 3.18. The number of hydrogen-bond donors (Lipinski definition) is 0. The second kappa shape index (κ2) is 3.98. The number of alkyl halides is 1. The van der Waals surface area contributed by atoms with Crippen molar-refractivity contribution in [3.63, 3.8) is 0 Å². The summed E-state index contributed by atoms with van der Waals surface area (Å²) >= 11 is 5.76. The van der Waals surface area contributed by atoms with E-state index in [2.05, 4.69) is 10.1 Å². The average molecular weight is 227 g/mol. The molecule has 2 rings (SSSR count). The van der Waals surface area contributed by atoms with Crippen LogP contribution in [0.15, 0.2) is 28.8 Å². The van der Waals surface area contributed by atoms with Gasteiger partial charge in [-0.3, -0.25) is 0 Å². The predicted molar refractivity (Wildman–Crippen MR) is 54.0 cm³/mol. The first-order chi connectivity index (χ1) is 7.16. The number of benzene rings is 1. The van der Waals surface area contributed by atoms with Crippen molar-refractivity contribution in [3.05, 3.63) is 36.0 Å². The molecule has 1 aromatic carbocycles. The molecule has 0 amide bonds. The second-order valence-corrected chi connectivity index (χ2v) is 3.74. The summed E-state index contributed by atoms with van der Waals surface area (Å²) in [7, 11) is 0. The highest BCUT2D eigenvalue weighted by Gasteiger charge is 2.12. The maximum absolute atomic E-state index is 12.9. The Hall–Kier alpha value is -1.42. The van der Waals surface area contributed by atoms with Gasteiger partial charge in [-0.2, -0.15) is 4.98 Å². The summed E-state index contributed by atoms with van der Waals surface area (Å²) in [5.74, 6) is 0.339. The van der Waals surface area contributed by atoms with Gasteiger partial charge < -0.3 is 4.52 Å². The molecule has 0 aliphatic carbocycles. The first kappa shape index (κ1) is 10.1. The van der Waals surface area contributed by atoms with Gasteiger partial charge in [0, 0.05) is 5.56 Å². The Kier molecular flexibility index (Phi) is 2.68. The van der Waals surface area contributed by atoms with Crippen molar-refractivity contribution >= 4 is 11.6 Å². The zero-order valence-electron chi connectivity index (χ0n) is 7.95. The minimum Gasteiger partial charge on any atom is -0.337 e. The van der Waals surface area contributed by atoms with Crippen LogP contribution < -0.4 is 0 Å². The van der Waals surface area contributed by atoms with Gasteiger partial charge >= 0.3 is 0 Å². The summed E-state index contributed by atoms with van der Waals surface area (Å²) in [5, 5.41) is 3.36. The Morgan fingerprint density at radius 2 is 2.27 bits per heavy atom. The minimum atomic E-state index is -0.347. The minimum absolute atomic E-state index is 0.330. The largest absolute Gasteiger partial charge is 0.337 e. The molecule has 2 aromatic rings. The highest BCUT2D eigenvalue weighted by molar-refractivity contribution is 6.20. The maximum Gasteiger partial charge on any atom is 0.244 e. The zero-order chi connectivity index (χ0) is 10.8. The van der Waals surface area contributed by atoms with Crippen LogP contribution in [0.2, 0.25) is 0 Å². The van der Waals surface area contributed by atoms with Crippen LogP contribution in [0, 0.1) is 5.82 Å². The van der Waals surface area contributed by atoms with E-state index in [1.807, 2.05) is 0 Å². The fourth-order valence-electron chi connectivity index (χ4n) is 1.14. The standard InChI is InChI=1S/C10H8ClFN2O/c1-6(11)10-13-9(14-15-10)7-3-2-4-8(12)5-7/h2-6H,1H3. The van der Waals surface area contributed by atoms with E-state index in [1.165, 1.54) is 12.1 Å². The third kappa shape index (κ3) is 2.15. The van der Waals surface area contributed by atoms with Gasteiger partial charge in [-0.1, -0.05) is 17.3 Å². The summed E-state index contributed by atoms with van der Waals surface area (Å²) < 4.78 is 17.8. The smallest absolute Gasteiger partial charge is 0.244 e. The molecule has 0 fully saturated rings. The van der Waals surface area contributed by atoms with Gasteiger partial charge in [0.2, 0.25) is 11.7 Å². The molecule has 1 heterocycles. The molecule has 0 bridgehead atoms. The molecule has 0 aliphatic rings. The van der Waals surface area contributed by atoms with Crippen molar-refractivity contribution in [1.29, 1.82) is 0 Å². The molecule has 0 radical (unpaired) electrons. The number of halogens is 2. The summed E-state index contributed by atoms with van der Waals surface area (Å²) in [6.07, 6.45) is 0. The first-order valence-corrected chi connectivity index (χ1v) is 4.84. The highest BCUT2D eigenvalue weighted by atomic mass is 35.5. The molecule has 1 atom stereocenters. The molecule has 3 nitrogen and oxygen atoms in total. The normalized spacial score (nSPS) is 12.7. The van der Waals surface area contributed by atoms with Crippen LogP contribution in [-0.4, -0.2) is 10.1 Å². The molecule has 0 aliphatic heterocycles. The molecule has 78 valence electrons. The van der Waals surface area contributed by atoms with E-state index in [1.54, 1.807) is 19.1 Å². The Morgan fingerprint density at radius 1 is 1.47 bits per heavy atom. The Balaban J connectivity index is 2.37. The summed E-state index contributed by atoms with van der Waals surface area (Å²) in [6.45, 7) is 1.73. The second-order valence-electron chi connectivity index (χ2n) is 3.08. The Bertz CT molecular complexity index is 470. The quantitative estimate of drug-likeness (QED) is 0.739. The lowest BCUT2D eigenvalue weighted by Gasteiger charge is -1.93. The molecule has 0 N–H and O–H groups in total. The SMILES string of the molecule is CC(Cl)c1nc(-c2cccc(F)c2)no1. The van der Waals surface area contributed by atoms with Crippen LogP contribution in [0.25, 0.3) is 11.4 Å². The van der Waals surface area contributed by atoms with E-state index < -0.39 is 0 Å². The molecule has 1 aromatic heterocycles. The molecule has 0 spiro atoms. The van der Waals surface area contributed by atoms with Crippen molar-refractivity contribution < 1.29 is 8.91 Å². The summed E-state index contributed by atoms with van der Waals surface area (Å²) in [6, 6.07) is 5.99. The fraction of sp³-hybridized carbons (Fsp3) is 0.200. The Morgan fingerprint density at radius 3 is 2.87 bits per heavy atom. The van der Waals surface area contributed by atoms with Crippen molar-refractivity contribution in [2.24, 2.45) is 0 Å². The van der Waals surface area contributed by atoms with Gasteiger partial charge in [-0.15, -0.1) is 11.6 Å². The van der Waals surface area contributed by atoms with Gasteiger partial charge in [0.1, 0.15) is 11.2 Å². The third-order valence-electron chi connectivity index (χ3n) is 1.86. The van der Waals surface area contributed by atoms with Crippen LogP contribution in [-0.2, 0) is 0 Å². The van der Waals surface area contributed by atoms with E-state index in [-0.39, 0.29) is 11.2 Å². The monoisotopic (exact) mass is 226 g/mol. The third-order valence-corrected chi connectivity index (χ3v) is 2.05. The van der Waals surface area contributed by atoms with E-state index >= 15 is 0 Å². The molecule has 0 saturated heterocycles. The zero-order valence-corrected chi connectivity index (χ0v) is 8.70. The van der Waals surface area contributed by atoms with Gasteiger partial charge in [-0.05, 0) is 19.1 Å². The van der Waals surface area contributed by atoms with Crippen LogP contribution in [0.4, 0.5) is 4.39 Å². The van der Waals surface area contributed by atoms with E-state index in [0.29, 0.717) is 17.3 Å². The lowest BCUT2D eigenvalue weighted by atomic mass is 10.2. The van der Waals surface area contributed by atoms with Crippen LogP contribution in [0.3, 0.4) is 0 Å². The van der Waals surface area contributed by atoms with E-state index in [4.69, 9.17) is 16.1 Å². The molecule has 15 heavy (non-hydrogen) atoms. The van der Waals surface area contributed by atoms with Crippen molar-refractivity contribution in [2.45, 2.75) is 12.3 Å². The van der Waals surface area contributed by atoms with Crippen molar-refractivity contribution in [2.75, 3.05) is 0 Å². The van der Waals surface area contributed by atoms with Gasteiger partial charge in [0.15, 0.2) is 0 Å². The molecular weight excluding hydrogens is 219 g/mol. The fourth-order valence-corrected chi connectivity index (χ4v) is 1.23. The lowest BCUT2D eigenvalue weighted by Crippen LogP contribution is -1.85. The number of rotatable bonds is 2.